The van der Waals surface area contributed by atoms with Crippen LogP contribution in [0.5, 0.6) is 0 Å². The first-order chi connectivity index (χ1) is 9.65. The Morgan fingerprint density at radius 2 is 2.20 bits per heavy atom. The van der Waals surface area contributed by atoms with Gasteiger partial charge in [-0.2, -0.15) is 5.10 Å². The van der Waals surface area contributed by atoms with Crippen LogP contribution in [0, 0.1) is 0 Å². The summed E-state index contributed by atoms with van der Waals surface area (Å²) in [5, 5.41) is 4.59. The minimum absolute atomic E-state index is 0.0244. The molecule has 2 aromatic rings. The van der Waals surface area contributed by atoms with Crippen LogP contribution >= 0.6 is 15.9 Å². The molecule has 2 aromatic heterocycles. The van der Waals surface area contributed by atoms with Crippen molar-refractivity contribution in [3.8, 4) is 11.4 Å². The van der Waals surface area contributed by atoms with E-state index in [1.807, 2.05) is 21.5 Å². The molecule has 0 aromatic carbocycles. The fourth-order valence-electron chi connectivity index (χ4n) is 2.59. The molecule has 0 N–H and O–H groups in total. The lowest BCUT2D eigenvalue weighted by Crippen LogP contribution is -2.26. The van der Waals surface area contributed by atoms with Gasteiger partial charge in [0.05, 0.1) is 6.04 Å². The summed E-state index contributed by atoms with van der Waals surface area (Å²) in [5.74, 6) is 0.733. The molecule has 1 aliphatic heterocycles. The van der Waals surface area contributed by atoms with Gasteiger partial charge in [-0.3, -0.25) is 14.4 Å². The second-order valence-corrected chi connectivity index (χ2v) is 6.04. The number of anilines is 1. The minimum atomic E-state index is 0.0244. The highest BCUT2D eigenvalue weighted by Gasteiger charge is 2.30. The SMILES string of the molecule is CC(=O)N1CCn2c1nc(-c1ccn(C3CC3)n1)c2Br. The van der Waals surface area contributed by atoms with E-state index in [-0.39, 0.29) is 5.91 Å². The number of nitrogens with zero attached hydrogens (tertiary/aromatic N) is 5. The standard InChI is InChI=1S/C13H14BrN5O/c1-8(20)17-6-7-18-12(14)11(15-13(17)18)10-4-5-19(16-10)9-2-3-9/h4-5,9H,2-3,6-7H2,1H3. The third-order valence-electron chi connectivity index (χ3n) is 3.83. The van der Waals surface area contributed by atoms with Gasteiger partial charge in [-0.25, -0.2) is 4.98 Å². The summed E-state index contributed by atoms with van der Waals surface area (Å²) in [6.45, 7) is 3.03. The van der Waals surface area contributed by atoms with Crippen molar-refractivity contribution >= 4 is 27.8 Å². The van der Waals surface area contributed by atoms with Crippen LogP contribution < -0.4 is 4.90 Å². The van der Waals surface area contributed by atoms with E-state index in [1.54, 1.807) is 11.8 Å². The summed E-state index contributed by atoms with van der Waals surface area (Å²) in [6.07, 6.45) is 4.42. The Bertz CT molecular complexity index is 700. The lowest BCUT2D eigenvalue weighted by atomic mass is 10.3. The molecule has 7 heteroatoms. The number of amides is 1. The predicted molar refractivity (Wildman–Crippen MR) is 77.4 cm³/mol. The van der Waals surface area contributed by atoms with Crippen LogP contribution in [0.4, 0.5) is 5.95 Å². The van der Waals surface area contributed by atoms with Crippen LogP contribution in [-0.2, 0) is 11.3 Å². The van der Waals surface area contributed by atoms with Crippen molar-refractivity contribution in [3.05, 3.63) is 16.9 Å². The van der Waals surface area contributed by atoms with Crippen LogP contribution in [0.25, 0.3) is 11.4 Å². The van der Waals surface area contributed by atoms with E-state index in [4.69, 9.17) is 0 Å². The number of carbonyl (C=O) groups is 1. The van der Waals surface area contributed by atoms with Crippen molar-refractivity contribution in [2.24, 2.45) is 0 Å². The van der Waals surface area contributed by atoms with Crippen LogP contribution in [0.2, 0.25) is 0 Å². The normalized spacial score (nSPS) is 17.6. The number of fused-ring (bicyclic) bond motifs is 1. The summed E-state index contributed by atoms with van der Waals surface area (Å²) >= 11 is 3.59. The second-order valence-electron chi connectivity index (χ2n) is 5.29. The summed E-state index contributed by atoms with van der Waals surface area (Å²) < 4.78 is 4.93. The fraction of sp³-hybridized carbons (Fsp3) is 0.462. The molecular formula is C13H14BrN5O. The zero-order chi connectivity index (χ0) is 13.9. The lowest BCUT2D eigenvalue weighted by Gasteiger charge is -2.09. The highest BCUT2D eigenvalue weighted by molar-refractivity contribution is 9.10. The molecule has 1 saturated carbocycles. The predicted octanol–water partition coefficient (Wildman–Crippen LogP) is 2.21. The molecule has 0 spiro atoms. The topological polar surface area (TPSA) is 56.0 Å². The monoisotopic (exact) mass is 335 g/mol. The lowest BCUT2D eigenvalue weighted by molar-refractivity contribution is -0.116. The van der Waals surface area contributed by atoms with Crippen molar-refractivity contribution < 1.29 is 4.79 Å². The molecule has 20 heavy (non-hydrogen) atoms. The van der Waals surface area contributed by atoms with Gasteiger partial charge in [0.1, 0.15) is 16.0 Å². The Kier molecular flexibility index (Phi) is 2.54. The van der Waals surface area contributed by atoms with Crippen molar-refractivity contribution in [2.45, 2.75) is 32.4 Å². The number of halogens is 1. The molecule has 6 nitrogen and oxygen atoms in total. The van der Waals surface area contributed by atoms with E-state index in [2.05, 4.69) is 26.0 Å². The highest BCUT2D eigenvalue weighted by Crippen LogP contribution is 2.37. The molecule has 1 aliphatic carbocycles. The third-order valence-corrected chi connectivity index (χ3v) is 4.63. The van der Waals surface area contributed by atoms with Crippen molar-refractivity contribution in [1.29, 1.82) is 0 Å². The molecule has 0 bridgehead atoms. The molecular weight excluding hydrogens is 322 g/mol. The van der Waals surface area contributed by atoms with Gasteiger partial charge in [0.2, 0.25) is 11.9 Å². The molecule has 0 saturated heterocycles. The van der Waals surface area contributed by atoms with Gasteiger partial charge in [0, 0.05) is 26.2 Å². The Morgan fingerprint density at radius 3 is 2.90 bits per heavy atom. The average Bonchev–Trinajstić information content (AvgIpc) is 2.87. The quantitative estimate of drug-likeness (QED) is 0.845. The molecule has 2 aliphatic rings. The Balaban J connectivity index is 1.75. The molecule has 0 unspecified atom stereocenters. The van der Waals surface area contributed by atoms with Gasteiger partial charge in [-0.05, 0) is 34.8 Å². The van der Waals surface area contributed by atoms with Crippen molar-refractivity contribution in [1.82, 2.24) is 19.3 Å². The third kappa shape index (κ3) is 1.72. The first kappa shape index (κ1) is 12.1. The summed E-state index contributed by atoms with van der Waals surface area (Å²) in [4.78, 5) is 17.9. The van der Waals surface area contributed by atoms with E-state index in [0.717, 1.165) is 22.5 Å². The first-order valence-corrected chi connectivity index (χ1v) is 7.54. The molecule has 1 amide bonds. The average molecular weight is 336 g/mol. The van der Waals surface area contributed by atoms with Crippen LogP contribution in [0.15, 0.2) is 16.9 Å². The summed E-state index contributed by atoms with van der Waals surface area (Å²) in [5.41, 5.74) is 1.67. The van der Waals surface area contributed by atoms with Gasteiger partial charge < -0.3 is 4.57 Å². The highest BCUT2D eigenvalue weighted by atomic mass is 79.9. The van der Waals surface area contributed by atoms with Crippen LogP contribution in [0.3, 0.4) is 0 Å². The van der Waals surface area contributed by atoms with Gasteiger partial charge in [0.15, 0.2) is 0 Å². The number of hydrogen-bond donors (Lipinski definition) is 0. The van der Waals surface area contributed by atoms with Gasteiger partial charge in [-0.15, -0.1) is 0 Å². The molecule has 4 rings (SSSR count). The van der Waals surface area contributed by atoms with E-state index < -0.39 is 0 Å². The second kappa shape index (κ2) is 4.18. The van der Waals surface area contributed by atoms with Gasteiger partial charge >= 0.3 is 0 Å². The fourth-order valence-corrected chi connectivity index (χ4v) is 3.22. The zero-order valence-electron chi connectivity index (χ0n) is 11.1. The summed E-state index contributed by atoms with van der Waals surface area (Å²) in [7, 11) is 0. The number of carbonyl (C=O) groups excluding carboxylic acids is 1. The van der Waals surface area contributed by atoms with Gasteiger partial charge in [0.25, 0.3) is 0 Å². The molecule has 3 heterocycles. The van der Waals surface area contributed by atoms with E-state index in [1.165, 1.54) is 12.8 Å². The molecule has 0 atom stereocenters. The number of rotatable bonds is 2. The van der Waals surface area contributed by atoms with E-state index in [0.29, 0.717) is 18.5 Å². The maximum absolute atomic E-state index is 11.6. The minimum Gasteiger partial charge on any atom is -0.302 e. The maximum atomic E-state index is 11.6. The van der Waals surface area contributed by atoms with Crippen LogP contribution in [-0.4, -0.2) is 31.8 Å². The van der Waals surface area contributed by atoms with Crippen LogP contribution in [0.1, 0.15) is 25.8 Å². The number of imidazole rings is 1. The zero-order valence-corrected chi connectivity index (χ0v) is 12.7. The van der Waals surface area contributed by atoms with E-state index >= 15 is 0 Å². The Morgan fingerprint density at radius 1 is 1.40 bits per heavy atom. The molecule has 1 fully saturated rings. The smallest absolute Gasteiger partial charge is 0.226 e. The number of aromatic nitrogens is 4. The largest absolute Gasteiger partial charge is 0.302 e. The number of hydrogen-bond acceptors (Lipinski definition) is 3. The summed E-state index contributed by atoms with van der Waals surface area (Å²) in [6, 6.07) is 2.55. The van der Waals surface area contributed by atoms with E-state index in [9.17, 15) is 4.79 Å². The maximum Gasteiger partial charge on any atom is 0.226 e. The Hall–Kier alpha value is -1.63. The Labute approximate surface area is 124 Å². The van der Waals surface area contributed by atoms with Gasteiger partial charge in [-0.1, -0.05) is 0 Å². The molecule has 104 valence electrons. The molecule has 0 radical (unpaired) electrons. The first-order valence-electron chi connectivity index (χ1n) is 6.75. The van der Waals surface area contributed by atoms with Crippen molar-refractivity contribution in [3.63, 3.8) is 0 Å². The van der Waals surface area contributed by atoms with Crippen molar-refractivity contribution in [2.75, 3.05) is 11.4 Å².